The molecular weight excluding hydrogens is 311 g/mol. The zero-order valence-corrected chi connectivity index (χ0v) is 11.5. The van der Waals surface area contributed by atoms with Gasteiger partial charge in [-0.1, -0.05) is 0 Å². The van der Waals surface area contributed by atoms with E-state index in [-0.39, 0.29) is 23.3 Å². The summed E-state index contributed by atoms with van der Waals surface area (Å²) in [5, 5.41) is 10.8. The third kappa shape index (κ3) is 3.26. The van der Waals surface area contributed by atoms with Gasteiger partial charge in [0.2, 0.25) is 5.82 Å². The Bertz CT molecular complexity index is 670. The van der Waals surface area contributed by atoms with Crippen molar-refractivity contribution in [3.63, 3.8) is 0 Å². The molecule has 2 rings (SSSR count). The highest BCUT2D eigenvalue weighted by Gasteiger charge is 2.37. The summed E-state index contributed by atoms with van der Waals surface area (Å²) in [7, 11) is 0. The van der Waals surface area contributed by atoms with Crippen LogP contribution in [0.5, 0.6) is 0 Å². The van der Waals surface area contributed by atoms with Crippen LogP contribution in [-0.2, 0) is 12.7 Å². The molecule has 1 heterocycles. The second-order valence-electron chi connectivity index (χ2n) is 4.41. The Morgan fingerprint density at radius 2 is 2.05 bits per heavy atom. The van der Waals surface area contributed by atoms with Gasteiger partial charge in [-0.3, -0.25) is 10.1 Å². The number of unbranched alkanes of at least 4 members (excludes halogenated alkanes) is 1. The van der Waals surface area contributed by atoms with Crippen molar-refractivity contribution in [2.24, 2.45) is 0 Å². The maximum absolute atomic E-state index is 13.0. The molecule has 5 nitrogen and oxygen atoms in total. The Morgan fingerprint density at radius 3 is 2.62 bits per heavy atom. The first-order valence-electron chi connectivity index (χ1n) is 6.12. The van der Waals surface area contributed by atoms with Crippen LogP contribution in [0.4, 0.5) is 18.9 Å². The van der Waals surface area contributed by atoms with Crippen molar-refractivity contribution in [3.8, 4) is 0 Å². The molecule has 0 fully saturated rings. The molecule has 0 atom stereocenters. The number of imidazole rings is 1. The van der Waals surface area contributed by atoms with E-state index < -0.39 is 16.9 Å². The molecule has 0 unspecified atom stereocenters. The van der Waals surface area contributed by atoms with E-state index in [0.29, 0.717) is 18.7 Å². The summed E-state index contributed by atoms with van der Waals surface area (Å²) < 4.78 is 40.0. The first-order chi connectivity index (χ1) is 9.84. The zero-order valence-electron chi connectivity index (χ0n) is 10.7. The van der Waals surface area contributed by atoms with Gasteiger partial charge in [0, 0.05) is 24.6 Å². The molecule has 0 radical (unpaired) electrons. The lowest BCUT2D eigenvalue weighted by molar-refractivity contribution is -0.384. The number of hydrogen-bond acceptors (Lipinski definition) is 3. The Hall–Kier alpha value is -1.83. The largest absolute Gasteiger partial charge is 0.449 e. The molecular formula is C12H11ClF3N3O2. The van der Waals surface area contributed by atoms with Gasteiger partial charge in [0.25, 0.3) is 5.69 Å². The van der Waals surface area contributed by atoms with Gasteiger partial charge >= 0.3 is 6.18 Å². The monoisotopic (exact) mass is 321 g/mol. The normalized spacial score (nSPS) is 12.0. The van der Waals surface area contributed by atoms with E-state index in [9.17, 15) is 23.3 Å². The Morgan fingerprint density at radius 1 is 1.33 bits per heavy atom. The van der Waals surface area contributed by atoms with E-state index in [1.165, 1.54) is 6.07 Å². The maximum atomic E-state index is 13.0. The smallest absolute Gasteiger partial charge is 0.320 e. The number of rotatable bonds is 5. The molecule has 0 saturated carbocycles. The van der Waals surface area contributed by atoms with Gasteiger partial charge in [-0.2, -0.15) is 13.2 Å². The summed E-state index contributed by atoms with van der Waals surface area (Å²) in [4.78, 5) is 13.7. The fourth-order valence-corrected chi connectivity index (χ4v) is 2.22. The molecule has 0 bridgehead atoms. The third-order valence-corrected chi connectivity index (χ3v) is 3.23. The number of halogens is 4. The van der Waals surface area contributed by atoms with E-state index in [1.807, 2.05) is 0 Å². The van der Waals surface area contributed by atoms with Crippen molar-refractivity contribution in [3.05, 3.63) is 34.1 Å². The Kier molecular flexibility index (Phi) is 4.36. The quantitative estimate of drug-likeness (QED) is 0.362. The van der Waals surface area contributed by atoms with Crippen molar-refractivity contribution < 1.29 is 18.1 Å². The number of alkyl halides is 4. The minimum absolute atomic E-state index is 0.0548. The Labute approximate surface area is 122 Å². The van der Waals surface area contributed by atoms with Gasteiger partial charge in [0.1, 0.15) is 0 Å². The fraction of sp³-hybridized carbons (Fsp3) is 0.417. The average molecular weight is 322 g/mol. The van der Waals surface area contributed by atoms with Gasteiger partial charge in [0.15, 0.2) is 0 Å². The molecule has 0 N–H and O–H groups in total. The molecule has 0 spiro atoms. The molecule has 0 aliphatic rings. The lowest BCUT2D eigenvalue weighted by Gasteiger charge is -2.10. The average Bonchev–Trinajstić information content (AvgIpc) is 2.77. The van der Waals surface area contributed by atoms with Crippen molar-refractivity contribution in [1.29, 1.82) is 0 Å². The van der Waals surface area contributed by atoms with E-state index in [2.05, 4.69) is 4.98 Å². The summed E-state index contributed by atoms with van der Waals surface area (Å²) in [5.74, 6) is -0.707. The molecule has 1 aromatic heterocycles. The molecule has 1 aromatic carbocycles. The number of nitro groups is 1. The minimum atomic E-state index is -4.62. The lowest BCUT2D eigenvalue weighted by atomic mass is 10.2. The first-order valence-corrected chi connectivity index (χ1v) is 6.66. The molecule has 9 heteroatoms. The lowest BCUT2D eigenvalue weighted by Crippen LogP contribution is -2.15. The van der Waals surface area contributed by atoms with E-state index >= 15 is 0 Å². The van der Waals surface area contributed by atoms with Crippen LogP contribution in [-0.4, -0.2) is 20.4 Å². The van der Waals surface area contributed by atoms with Crippen LogP contribution in [0.25, 0.3) is 11.0 Å². The number of aryl methyl sites for hydroxylation is 1. The van der Waals surface area contributed by atoms with Crippen LogP contribution in [0.15, 0.2) is 18.2 Å². The molecule has 2 aromatic rings. The fourth-order valence-electron chi connectivity index (χ4n) is 2.03. The second kappa shape index (κ2) is 5.88. The van der Waals surface area contributed by atoms with Crippen LogP contribution >= 0.6 is 11.6 Å². The van der Waals surface area contributed by atoms with Crippen LogP contribution < -0.4 is 0 Å². The number of nitrogens with zero attached hydrogens (tertiary/aromatic N) is 3. The second-order valence-corrected chi connectivity index (χ2v) is 4.79. The number of fused-ring (bicyclic) bond motifs is 1. The number of aromatic nitrogens is 2. The van der Waals surface area contributed by atoms with Gasteiger partial charge in [0.05, 0.1) is 16.0 Å². The standard InChI is InChI=1S/C12H11ClF3N3O2/c13-5-1-2-6-18-10-7-8(19(20)21)3-4-9(10)17-11(18)12(14,15)16/h3-4,7H,1-2,5-6H2. The highest BCUT2D eigenvalue weighted by Crippen LogP contribution is 2.33. The first kappa shape index (κ1) is 15.6. The van der Waals surface area contributed by atoms with Crippen molar-refractivity contribution in [2.75, 3.05) is 5.88 Å². The molecule has 114 valence electrons. The van der Waals surface area contributed by atoms with Gasteiger partial charge in [-0.25, -0.2) is 4.98 Å². The molecule has 0 saturated heterocycles. The number of benzene rings is 1. The topological polar surface area (TPSA) is 61.0 Å². The predicted molar refractivity (Wildman–Crippen MR) is 71.3 cm³/mol. The number of hydrogen-bond donors (Lipinski definition) is 0. The van der Waals surface area contributed by atoms with E-state index in [1.54, 1.807) is 0 Å². The SMILES string of the molecule is O=[N+]([O-])c1ccc2nc(C(F)(F)F)n(CCCCCl)c2c1. The summed E-state index contributed by atoms with van der Waals surface area (Å²) in [6.07, 6.45) is -3.64. The Balaban J connectivity index is 2.56. The summed E-state index contributed by atoms with van der Waals surface area (Å²) in [5.41, 5.74) is -0.0837. The summed E-state index contributed by atoms with van der Waals surface area (Å²) in [6, 6.07) is 3.47. The van der Waals surface area contributed by atoms with Crippen molar-refractivity contribution in [2.45, 2.75) is 25.6 Å². The van der Waals surface area contributed by atoms with Crippen LogP contribution in [0, 0.1) is 10.1 Å². The van der Waals surface area contributed by atoms with Gasteiger partial charge < -0.3 is 4.57 Å². The molecule has 21 heavy (non-hydrogen) atoms. The molecule has 0 amide bonds. The van der Waals surface area contributed by atoms with Gasteiger partial charge in [-0.05, 0) is 18.9 Å². The van der Waals surface area contributed by atoms with E-state index in [4.69, 9.17) is 11.6 Å². The zero-order chi connectivity index (χ0) is 15.6. The predicted octanol–water partition coefficient (Wildman–Crippen LogP) is 3.98. The van der Waals surface area contributed by atoms with Crippen molar-refractivity contribution >= 4 is 28.3 Å². The van der Waals surface area contributed by atoms with Crippen LogP contribution in [0.2, 0.25) is 0 Å². The number of nitro benzene ring substituents is 1. The van der Waals surface area contributed by atoms with Crippen molar-refractivity contribution in [1.82, 2.24) is 9.55 Å². The molecule has 0 aliphatic carbocycles. The van der Waals surface area contributed by atoms with Crippen LogP contribution in [0.3, 0.4) is 0 Å². The highest BCUT2D eigenvalue weighted by atomic mass is 35.5. The number of non-ortho nitro benzene ring substituents is 1. The van der Waals surface area contributed by atoms with E-state index in [0.717, 1.165) is 16.7 Å². The van der Waals surface area contributed by atoms with Crippen LogP contribution in [0.1, 0.15) is 18.7 Å². The summed E-state index contributed by atoms with van der Waals surface area (Å²) in [6.45, 7) is 0.0548. The summed E-state index contributed by atoms with van der Waals surface area (Å²) >= 11 is 5.52. The van der Waals surface area contributed by atoms with Gasteiger partial charge in [-0.15, -0.1) is 11.6 Å². The minimum Gasteiger partial charge on any atom is -0.320 e. The maximum Gasteiger partial charge on any atom is 0.449 e. The third-order valence-electron chi connectivity index (χ3n) is 2.96. The highest BCUT2D eigenvalue weighted by molar-refractivity contribution is 6.17. The molecule has 0 aliphatic heterocycles.